The first-order valence-electron chi connectivity index (χ1n) is 10.6. The van der Waals surface area contributed by atoms with E-state index in [0.717, 1.165) is 24.2 Å². The highest BCUT2D eigenvalue weighted by molar-refractivity contribution is 5.90. The van der Waals surface area contributed by atoms with Crippen LogP contribution in [-0.2, 0) is 23.1 Å². The molecule has 2 aromatic heterocycles. The molecule has 1 saturated heterocycles. The van der Waals surface area contributed by atoms with Crippen LogP contribution in [0.25, 0.3) is 11.2 Å². The summed E-state index contributed by atoms with van der Waals surface area (Å²) < 4.78 is 8.46. The number of likely N-dealkylation sites (tertiary alicyclic amines) is 1. The fourth-order valence-electron chi connectivity index (χ4n) is 4.32. The molecule has 1 fully saturated rings. The Morgan fingerprint density at radius 2 is 2.09 bits per heavy atom. The van der Waals surface area contributed by atoms with Crippen molar-refractivity contribution in [2.45, 2.75) is 32.2 Å². The van der Waals surface area contributed by atoms with Gasteiger partial charge in [-0.2, -0.15) is 0 Å². The van der Waals surface area contributed by atoms with E-state index >= 15 is 0 Å². The number of aromatic nitrogens is 3. The standard InChI is InChI=1S/C23H27N5O4/c1-15(29)25-17-12-20-22(24-13-17)26(2)23(31)28(20)18-7-5-9-27(14-18)21(30)11-16-6-4-8-19(10-16)32-3/h4,6,8,10,12-13,18H,5,7,9,11,14H2,1-3H3,(H,25,29)/t18-/m0/s1. The SMILES string of the molecule is COc1cccc(CC(=O)N2CCC[C@H](n3c(=O)n(C)c4ncc(NC(C)=O)cc43)C2)c1. The van der Waals surface area contributed by atoms with Crippen molar-refractivity contribution in [2.75, 3.05) is 25.5 Å². The number of carbonyl (C=O) groups is 2. The number of methoxy groups -OCH3 is 1. The molecule has 32 heavy (non-hydrogen) atoms. The number of nitrogens with zero attached hydrogens (tertiary/aromatic N) is 4. The fraction of sp³-hybridized carbons (Fsp3) is 0.391. The number of carbonyl (C=O) groups excluding carboxylic acids is 2. The first-order chi connectivity index (χ1) is 15.4. The van der Waals surface area contributed by atoms with Crippen molar-refractivity contribution in [2.24, 2.45) is 7.05 Å². The minimum atomic E-state index is -0.206. The van der Waals surface area contributed by atoms with Crippen LogP contribution in [0.4, 0.5) is 5.69 Å². The van der Waals surface area contributed by atoms with Crippen molar-refractivity contribution >= 4 is 28.7 Å². The summed E-state index contributed by atoms with van der Waals surface area (Å²) in [5.41, 5.74) is 2.44. The average molecular weight is 438 g/mol. The lowest BCUT2D eigenvalue weighted by Crippen LogP contribution is -2.43. The molecular weight excluding hydrogens is 410 g/mol. The summed E-state index contributed by atoms with van der Waals surface area (Å²) in [4.78, 5) is 43.7. The maximum Gasteiger partial charge on any atom is 0.330 e. The van der Waals surface area contributed by atoms with Crippen molar-refractivity contribution in [3.8, 4) is 5.75 Å². The second-order valence-corrected chi connectivity index (χ2v) is 8.12. The van der Waals surface area contributed by atoms with E-state index in [2.05, 4.69) is 10.3 Å². The molecule has 9 heteroatoms. The Morgan fingerprint density at radius 3 is 2.84 bits per heavy atom. The van der Waals surface area contributed by atoms with Crippen molar-refractivity contribution in [3.63, 3.8) is 0 Å². The molecule has 4 rings (SSSR count). The van der Waals surface area contributed by atoms with Crippen LogP contribution in [0.3, 0.4) is 0 Å². The highest BCUT2D eigenvalue weighted by Gasteiger charge is 2.28. The molecular formula is C23H27N5O4. The summed E-state index contributed by atoms with van der Waals surface area (Å²) in [5.74, 6) is 0.535. The topological polar surface area (TPSA) is 98.5 Å². The number of piperidine rings is 1. The fourth-order valence-corrected chi connectivity index (χ4v) is 4.32. The number of amides is 2. The predicted octanol–water partition coefficient (Wildman–Crippen LogP) is 2.11. The minimum Gasteiger partial charge on any atom is -0.497 e. The maximum atomic E-state index is 13.0. The smallest absolute Gasteiger partial charge is 0.330 e. The van der Waals surface area contributed by atoms with Gasteiger partial charge in [0.2, 0.25) is 11.8 Å². The molecule has 0 spiro atoms. The number of fused-ring (bicyclic) bond motifs is 1. The normalized spacial score (nSPS) is 16.2. The number of aryl methyl sites for hydroxylation is 1. The van der Waals surface area contributed by atoms with Crippen LogP contribution in [-0.4, -0.2) is 51.0 Å². The zero-order valence-electron chi connectivity index (χ0n) is 18.5. The predicted molar refractivity (Wildman–Crippen MR) is 121 cm³/mol. The summed E-state index contributed by atoms with van der Waals surface area (Å²) in [6, 6.07) is 9.10. The number of benzene rings is 1. The molecule has 0 saturated carbocycles. The molecule has 0 unspecified atom stereocenters. The lowest BCUT2D eigenvalue weighted by atomic mass is 10.0. The number of hydrogen-bond donors (Lipinski definition) is 1. The molecule has 1 N–H and O–H groups in total. The molecule has 2 amide bonds. The monoisotopic (exact) mass is 437 g/mol. The maximum absolute atomic E-state index is 13.0. The van der Waals surface area contributed by atoms with Crippen molar-refractivity contribution in [1.82, 2.24) is 19.0 Å². The highest BCUT2D eigenvalue weighted by atomic mass is 16.5. The van der Waals surface area contributed by atoms with Gasteiger partial charge in [0.25, 0.3) is 0 Å². The molecule has 168 valence electrons. The molecule has 3 aromatic rings. The van der Waals surface area contributed by atoms with Crippen molar-refractivity contribution in [1.29, 1.82) is 0 Å². The summed E-state index contributed by atoms with van der Waals surface area (Å²) in [5, 5.41) is 2.72. The molecule has 1 atom stereocenters. The molecule has 1 aromatic carbocycles. The number of anilines is 1. The van der Waals surface area contributed by atoms with Gasteiger partial charge in [-0.15, -0.1) is 0 Å². The Morgan fingerprint density at radius 1 is 1.28 bits per heavy atom. The molecule has 9 nitrogen and oxygen atoms in total. The zero-order valence-corrected chi connectivity index (χ0v) is 18.5. The van der Waals surface area contributed by atoms with E-state index in [1.807, 2.05) is 29.2 Å². The van der Waals surface area contributed by atoms with Gasteiger partial charge >= 0.3 is 5.69 Å². The quantitative estimate of drug-likeness (QED) is 0.659. The summed E-state index contributed by atoms with van der Waals surface area (Å²) in [6.45, 7) is 2.54. The average Bonchev–Trinajstić information content (AvgIpc) is 3.03. The second kappa shape index (κ2) is 8.86. The number of imidazole rings is 1. The molecule has 3 heterocycles. The Kier molecular flexibility index (Phi) is 5.98. The number of ether oxygens (including phenoxy) is 1. The Hall–Kier alpha value is -3.62. The van der Waals surface area contributed by atoms with Crippen LogP contribution in [0.2, 0.25) is 0 Å². The first kappa shape index (κ1) is 21.6. The summed E-state index contributed by atoms with van der Waals surface area (Å²) in [7, 11) is 3.28. The van der Waals surface area contributed by atoms with E-state index in [0.29, 0.717) is 29.9 Å². The van der Waals surface area contributed by atoms with E-state index in [9.17, 15) is 14.4 Å². The first-order valence-corrected chi connectivity index (χ1v) is 10.6. The Labute approximate surface area is 185 Å². The summed E-state index contributed by atoms with van der Waals surface area (Å²) in [6.07, 6.45) is 3.41. The van der Waals surface area contributed by atoms with Gasteiger partial charge in [0.15, 0.2) is 5.65 Å². The van der Waals surface area contributed by atoms with Crippen LogP contribution < -0.4 is 15.7 Å². The number of pyridine rings is 1. The molecule has 0 aliphatic carbocycles. The van der Waals surface area contributed by atoms with Crippen LogP contribution in [0.15, 0.2) is 41.3 Å². The van der Waals surface area contributed by atoms with E-state index in [4.69, 9.17) is 4.74 Å². The minimum absolute atomic E-state index is 0.0216. The van der Waals surface area contributed by atoms with Crippen LogP contribution in [0.1, 0.15) is 31.4 Å². The number of rotatable bonds is 5. The van der Waals surface area contributed by atoms with Gasteiger partial charge in [0.1, 0.15) is 5.75 Å². The second-order valence-electron chi connectivity index (χ2n) is 8.12. The van der Waals surface area contributed by atoms with E-state index in [1.54, 1.807) is 31.0 Å². The summed E-state index contributed by atoms with van der Waals surface area (Å²) >= 11 is 0. The molecule has 0 bridgehead atoms. The van der Waals surface area contributed by atoms with Crippen LogP contribution in [0, 0.1) is 0 Å². The van der Waals surface area contributed by atoms with Gasteiger partial charge < -0.3 is 15.0 Å². The molecule has 0 radical (unpaired) electrons. The lowest BCUT2D eigenvalue weighted by molar-refractivity contribution is -0.132. The zero-order chi connectivity index (χ0) is 22.8. The van der Waals surface area contributed by atoms with E-state index in [-0.39, 0.29) is 30.0 Å². The van der Waals surface area contributed by atoms with E-state index < -0.39 is 0 Å². The van der Waals surface area contributed by atoms with Gasteiger partial charge in [-0.05, 0) is 36.6 Å². The van der Waals surface area contributed by atoms with Crippen molar-refractivity contribution < 1.29 is 14.3 Å². The van der Waals surface area contributed by atoms with Gasteiger partial charge in [0.05, 0.1) is 37.0 Å². The Bertz CT molecular complexity index is 1230. The molecule has 1 aliphatic heterocycles. The lowest BCUT2D eigenvalue weighted by Gasteiger charge is -2.33. The van der Waals surface area contributed by atoms with Gasteiger partial charge in [-0.1, -0.05) is 12.1 Å². The van der Waals surface area contributed by atoms with Crippen LogP contribution in [0.5, 0.6) is 5.75 Å². The van der Waals surface area contributed by atoms with Crippen LogP contribution >= 0.6 is 0 Å². The molecule has 1 aliphatic rings. The van der Waals surface area contributed by atoms with Gasteiger partial charge in [-0.25, -0.2) is 9.78 Å². The van der Waals surface area contributed by atoms with Gasteiger partial charge in [-0.3, -0.25) is 18.7 Å². The van der Waals surface area contributed by atoms with E-state index in [1.165, 1.54) is 11.5 Å². The largest absolute Gasteiger partial charge is 0.497 e. The highest BCUT2D eigenvalue weighted by Crippen LogP contribution is 2.26. The Balaban J connectivity index is 1.60. The third kappa shape index (κ3) is 4.23. The third-order valence-electron chi connectivity index (χ3n) is 5.84. The number of nitrogens with one attached hydrogen (secondary N) is 1. The number of hydrogen-bond acceptors (Lipinski definition) is 5. The third-order valence-corrected chi connectivity index (χ3v) is 5.84. The van der Waals surface area contributed by atoms with Crippen molar-refractivity contribution in [3.05, 3.63) is 52.6 Å². The van der Waals surface area contributed by atoms with Gasteiger partial charge in [0, 0.05) is 27.1 Å².